The van der Waals surface area contributed by atoms with E-state index in [-0.39, 0.29) is 41.6 Å². The molecule has 1 fully saturated rings. The Balaban J connectivity index is 1.18. The maximum atomic E-state index is 14.9. The van der Waals surface area contributed by atoms with Crippen LogP contribution in [0.4, 0.5) is 29.2 Å². The average molecular weight is 689 g/mol. The molecule has 2 aliphatic heterocycles. The SMILES string of the molecule is CCN1CCN(Cc2ccc(NC(=O)Cc3ccc(F)c(C#Cc4cnc(N)nc4-c4cc5c(n4C)CCNC5=O)c3)cc2C(F)(F)F)CC1. The summed E-state index contributed by atoms with van der Waals surface area (Å²) < 4.78 is 59.0. The standard InChI is InChI=1S/C36H36F4N8O2/c1-3-47-12-14-48(15-13-47)21-25-7-8-26(18-28(25)36(38,39)40)44-32(49)17-22-4-9-29(37)23(16-22)5-6-24-20-43-35(41)45-33(24)31-19-27-30(46(31)2)10-11-42-34(27)50/h4,7-9,16,18-20H,3,10-15,17,21H2,1-2H3,(H,42,50)(H,44,49)(H2,41,43,45). The highest BCUT2D eigenvalue weighted by Gasteiger charge is 2.34. The first-order valence-electron chi connectivity index (χ1n) is 16.2. The number of nitrogens with two attached hydrogens (primary N) is 1. The second-order valence-corrected chi connectivity index (χ2v) is 12.3. The number of nitrogens with one attached hydrogen (secondary N) is 2. The van der Waals surface area contributed by atoms with Gasteiger partial charge in [-0.2, -0.15) is 13.2 Å². The van der Waals surface area contributed by atoms with Gasteiger partial charge in [0.15, 0.2) is 0 Å². The highest BCUT2D eigenvalue weighted by atomic mass is 19.4. The topological polar surface area (TPSA) is 121 Å². The van der Waals surface area contributed by atoms with Crippen LogP contribution in [-0.4, -0.2) is 75.4 Å². The molecule has 2 aliphatic rings. The summed E-state index contributed by atoms with van der Waals surface area (Å²) in [4.78, 5) is 38.0. The van der Waals surface area contributed by atoms with Crippen molar-refractivity contribution in [1.29, 1.82) is 0 Å². The molecule has 4 N–H and O–H groups in total. The van der Waals surface area contributed by atoms with Crippen molar-refractivity contribution in [3.05, 3.63) is 93.6 Å². The summed E-state index contributed by atoms with van der Waals surface area (Å²) in [5.41, 5.74) is 8.31. The predicted molar refractivity (Wildman–Crippen MR) is 180 cm³/mol. The Bertz CT molecular complexity index is 2010. The van der Waals surface area contributed by atoms with E-state index in [4.69, 9.17) is 5.73 Å². The quantitative estimate of drug-likeness (QED) is 0.196. The lowest BCUT2D eigenvalue weighted by molar-refractivity contribution is -0.138. The van der Waals surface area contributed by atoms with Gasteiger partial charge in [-0.05, 0) is 48.0 Å². The molecule has 0 radical (unpaired) electrons. The van der Waals surface area contributed by atoms with E-state index in [1.165, 1.54) is 36.5 Å². The van der Waals surface area contributed by atoms with Crippen LogP contribution >= 0.6 is 0 Å². The van der Waals surface area contributed by atoms with Gasteiger partial charge in [0.05, 0.1) is 34.4 Å². The molecule has 0 bridgehead atoms. The van der Waals surface area contributed by atoms with Crippen molar-refractivity contribution in [3.8, 4) is 23.2 Å². The van der Waals surface area contributed by atoms with Gasteiger partial charge in [-0.3, -0.25) is 14.5 Å². The van der Waals surface area contributed by atoms with E-state index in [0.717, 1.165) is 31.4 Å². The summed E-state index contributed by atoms with van der Waals surface area (Å²) >= 11 is 0. The summed E-state index contributed by atoms with van der Waals surface area (Å²) in [5.74, 6) is 4.28. The van der Waals surface area contributed by atoms with Gasteiger partial charge in [0, 0.05) is 70.3 Å². The number of aromatic nitrogens is 3. The lowest BCUT2D eigenvalue weighted by Gasteiger charge is -2.34. The number of anilines is 2. The van der Waals surface area contributed by atoms with Gasteiger partial charge in [0.2, 0.25) is 11.9 Å². The molecule has 0 aliphatic carbocycles. The second kappa shape index (κ2) is 14.3. The lowest BCUT2D eigenvalue weighted by atomic mass is 10.0. The maximum Gasteiger partial charge on any atom is 0.416 e. The van der Waals surface area contributed by atoms with E-state index < -0.39 is 23.5 Å². The molecule has 2 amide bonds. The lowest BCUT2D eigenvalue weighted by Crippen LogP contribution is -2.45. The summed E-state index contributed by atoms with van der Waals surface area (Å²) in [7, 11) is 1.81. The van der Waals surface area contributed by atoms with Crippen molar-refractivity contribution in [1.82, 2.24) is 29.7 Å². The number of rotatable bonds is 7. The number of nitrogen functional groups attached to an aromatic ring is 1. The van der Waals surface area contributed by atoms with Gasteiger partial charge >= 0.3 is 6.18 Å². The van der Waals surface area contributed by atoms with Gasteiger partial charge in [0.25, 0.3) is 5.91 Å². The van der Waals surface area contributed by atoms with Crippen LogP contribution in [0.1, 0.15) is 50.8 Å². The van der Waals surface area contributed by atoms with E-state index in [1.807, 2.05) is 16.5 Å². The molecule has 0 atom stereocenters. The number of carbonyl (C=O) groups is 2. The molecule has 50 heavy (non-hydrogen) atoms. The monoisotopic (exact) mass is 688 g/mol. The number of piperazine rings is 1. The van der Waals surface area contributed by atoms with Crippen molar-refractivity contribution >= 4 is 23.5 Å². The number of halogens is 4. The van der Waals surface area contributed by atoms with Crippen molar-refractivity contribution in [3.63, 3.8) is 0 Å². The van der Waals surface area contributed by atoms with Crippen molar-refractivity contribution < 1.29 is 27.2 Å². The van der Waals surface area contributed by atoms with Crippen LogP contribution in [0, 0.1) is 17.7 Å². The summed E-state index contributed by atoms with van der Waals surface area (Å²) in [6, 6.07) is 9.54. The number of carbonyl (C=O) groups excluding carboxylic acids is 2. The fourth-order valence-corrected chi connectivity index (χ4v) is 6.30. The molecule has 0 unspecified atom stereocenters. The molecule has 260 valence electrons. The zero-order valence-electron chi connectivity index (χ0n) is 27.6. The normalized spacial score (nSPS) is 15.2. The van der Waals surface area contributed by atoms with Crippen LogP contribution in [-0.2, 0) is 37.4 Å². The fourth-order valence-electron chi connectivity index (χ4n) is 6.30. The zero-order valence-corrected chi connectivity index (χ0v) is 27.6. The molecule has 0 saturated carbocycles. The van der Waals surface area contributed by atoms with Gasteiger partial charge in [-0.25, -0.2) is 14.4 Å². The molecular weight excluding hydrogens is 652 g/mol. The van der Waals surface area contributed by atoms with E-state index in [0.29, 0.717) is 54.1 Å². The minimum atomic E-state index is -4.60. The zero-order chi connectivity index (χ0) is 35.6. The predicted octanol–water partition coefficient (Wildman–Crippen LogP) is 4.23. The largest absolute Gasteiger partial charge is 0.416 e. The third-order valence-corrected chi connectivity index (χ3v) is 9.03. The maximum absolute atomic E-state index is 14.9. The van der Waals surface area contributed by atoms with Crippen LogP contribution in [0.3, 0.4) is 0 Å². The third kappa shape index (κ3) is 7.64. The first-order chi connectivity index (χ1) is 23.9. The molecule has 14 heteroatoms. The smallest absolute Gasteiger partial charge is 0.368 e. The van der Waals surface area contributed by atoms with Gasteiger partial charge in [-0.15, -0.1) is 0 Å². The summed E-state index contributed by atoms with van der Waals surface area (Å²) in [5, 5.41) is 5.36. The number of amides is 2. The number of hydrogen-bond acceptors (Lipinski definition) is 7. The molecular formula is C36H36F4N8O2. The van der Waals surface area contributed by atoms with E-state index in [9.17, 15) is 27.2 Å². The van der Waals surface area contributed by atoms with E-state index >= 15 is 0 Å². The first-order valence-corrected chi connectivity index (χ1v) is 16.2. The Morgan fingerprint density at radius 3 is 2.50 bits per heavy atom. The van der Waals surface area contributed by atoms with Crippen molar-refractivity contribution in [2.75, 3.05) is 50.3 Å². The summed E-state index contributed by atoms with van der Waals surface area (Å²) in [6.45, 7) is 6.59. The minimum Gasteiger partial charge on any atom is -0.368 e. The number of nitrogens with zero attached hydrogens (tertiary/aromatic N) is 5. The van der Waals surface area contributed by atoms with E-state index in [2.05, 4.69) is 44.3 Å². The fraction of sp³-hybridized carbons (Fsp3) is 0.333. The third-order valence-electron chi connectivity index (χ3n) is 9.03. The number of likely N-dealkylation sites (N-methyl/N-ethyl adjacent to an activating group) is 1. The first kappa shape index (κ1) is 34.6. The molecule has 6 rings (SSSR count). The minimum absolute atomic E-state index is 0.00387. The van der Waals surface area contributed by atoms with Crippen molar-refractivity contribution in [2.24, 2.45) is 7.05 Å². The second-order valence-electron chi connectivity index (χ2n) is 12.3. The Morgan fingerprint density at radius 1 is 1.04 bits per heavy atom. The molecule has 10 nitrogen and oxygen atoms in total. The molecule has 4 heterocycles. The molecule has 2 aromatic heterocycles. The van der Waals surface area contributed by atoms with E-state index in [1.54, 1.807) is 6.07 Å². The van der Waals surface area contributed by atoms with Gasteiger partial charge in [0.1, 0.15) is 11.5 Å². The van der Waals surface area contributed by atoms with Crippen LogP contribution in [0.25, 0.3) is 11.4 Å². The number of hydrogen-bond donors (Lipinski definition) is 3. The van der Waals surface area contributed by atoms with Gasteiger partial charge in [-0.1, -0.05) is 30.9 Å². The Kier molecular flexibility index (Phi) is 9.90. The highest BCUT2D eigenvalue weighted by molar-refractivity contribution is 5.98. The molecule has 1 saturated heterocycles. The Hall–Kier alpha value is -5.26. The molecule has 2 aromatic carbocycles. The van der Waals surface area contributed by atoms with Crippen LogP contribution < -0.4 is 16.4 Å². The molecule has 0 spiro atoms. The summed E-state index contributed by atoms with van der Waals surface area (Å²) in [6.07, 6.45) is -2.78. The molecule has 4 aromatic rings. The highest BCUT2D eigenvalue weighted by Crippen LogP contribution is 2.35. The number of alkyl halides is 3. The Labute approximate surface area is 286 Å². The van der Waals surface area contributed by atoms with Crippen molar-refractivity contribution in [2.45, 2.75) is 32.5 Å². The van der Waals surface area contributed by atoms with Gasteiger partial charge < -0.3 is 25.8 Å². The van der Waals surface area contributed by atoms with Crippen LogP contribution in [0.2, 0.25) is 0 Å². The Morgan fingerprint density at radius 2 is 1.78 bits per heavy atom. The number of fused-ring (bicyclic) bond motifs is 1. The number of benzene rings is 2. The van der Waals surface area contributed by atoms with Crippen LogP contribution in [0.5, 0.6) is 0 Å². The average Bonchev–Trinajstić information content (AvgIpc) is 3.43. The van der Waals surface area contributed by atoms with Crippen LogP contribution in [0.15, 0.2) is 48.7 Å².